The molecule has 1 aliphatic rings. The monoisotopic (exact) mass is 442 g/mol. The Morgan fingerprint density at radius 1 is 1.07 bits per heavy atom. The van der Waals surface area contributed by atoms with Crippen molar-refractivity contribution >= 4 is 21.6 Å². The Bertz CT molecular complexity index is 972. The van der Waals surface area contributed by atoms with Crippen LogP contribution in [0.4, 0.5) is 4.39 Å². The van der Waals surface area contributed by atoms with Crippen LogP contribution in [0.5, 0.6) is 11.5 Å². The molecule has 9 heteroatoms. The summed E-state index contributed by atoms with van der Waals surface area (Å²) >= 11 is 6.11. The highest BCUT2D eigenvalue weighted by molar-refractivity contribution is 7.89. The van der Waals surface area contributed by atoms with Crippen molar-refractivity contribution in [2.45, 2.75) is 18.4 Å². The van der Waals surface area contributed by atoms with Crippen molar-refractivity contribution in [3.05, 3.63) is 52.3 Å². The number of rotatable bonds is 6. The van der Waals surface area contributed by atoms with E-state index in [1.807, 2.05) is 4.90 Å². The van der Waals surface area contributed by atoms with Gasteiger partial charge in [-0.3, -0.25) is 4.90 Å². The highest BCUT2D eigenvalue weighted by Crippen LogP contribution is 2.34. The molecule has 0 radical (unpaired) electrons. The number of nitrogens with zero attached hydrogens (tertiary/aromatic N) is 2. The van der Waals surface area contributed by atoms with Gasteiger partial charge in [0.25, 0.3) is 0 Å². The van der Waals surface area contributed by atoms with Crippen LogP contribution in [0.1, 0.15) is 11.1 Å². The summed E-state index contributed by atoms with van der Waals surface area (Å²) in [5, 5.41) is 0.376. The molecule has 0 N–H and O–H groups in total. The van der Waals surface area contributed by atoms with Gasteiger partial charge in [-0.15, -0.1) is 0 Å². The van der Waals surface area contributed by atoms with Gasteiger partial charge in [-0.25, -0.2) is 12.8 Å². The molecular formula is C20H24ClFN2O4S. The number of benzene rings is 2. The molecule has 1 saturated heterocycles. The fraction of sp³-hybridized carbons (Fsp3) is 0.400. The zero-order valence-corrected chi connectivity index (χ0v) is 18.2. The summed E-state index contributed by atoms with van der Waals surface area (Å²) in [5.41, 5.74) is 1.02. The van der Waals surface area contributed by atoms with Gasteiger partial charge in [0.2, 0.25) is 10.0 Å². The third-order valence-electron chi connectivity index (χ3n) is 5.07. The van der Waals surface area contributed by atoms with Crippen LogP contribution in [0.25, 0.3) is 0 Å². The molecule has 29 heavy (non-hydrogen) atoms. The van der Waals surface area contributed by atoms with Crippen LogP contribution in [0.3, 0.4) is 0 Å². The summed E-state index contributed by atoms with van der Waals surface area (Å²) < 4.78 is 52.3. The second-order valence-electron chi connectivity index (χ2n) is 6.85. The van der Waals surface area contributed by atoms with Gasteiger partial charge in [0, 0.05) is 49.4 Å². The molecule has 1 fully saturated rings. The van der Waals surface area contributed by atoms with Gasteiger partial charge in [0.05, 0.1) is 19.1 Å². The van der Waals surface area contributed by atoms with Gasteiger partial charge in [-0.2, -0.15) is 4.31 Å². The van der Waals surface area contributed by atoms with E-state index in [1.54, 1.807) is 25.1 Å². The number of sulfonamides is 1. The predicted molar refractivity (Wildman–Crippen MR) is 110 cm³/mol. The average Bonchev–Trinajstić information content (AvgIpc) is 2.70. The van der Waals surface area contributed by atoms with E-state index in [0.29, 0.717) is 60.4 Å². The van der Waals surface area contributed by atoms with Crippen molar-refractivity contribution in [1.82, 2.24) is 9.21 Å². The molecule has 0 bridgehead atoms. The summed E-state index contributed by atoms with van der Waals surface area (Å²) in [6, 6.07) is 7.75. The quantitative estimate of drug-likeness (QED) is 0.687. The Morgan fingerprint density at radius 2 is 1.69 bits per heavy atom. The van der Waals surface area contributed by atoms with Crippen LogP contribution in [0, 0.1) is 12.7 Å². The molecule has 0 aromatic heterocycles. The topological polar surface area (TPSA) is 59.1 Å². The van der Waals surface area contributed by atoms with Crippen LogP contribution >= 0.6 is 11.6 Å². The van der Waals surface area contributed by atoms with Crippen molar-refractivity contribution in [2.75, 3.05) is 40.4 Å². The molecule has 3 rings (SSSR count). The number of halogens is 2. The maximum Gasteiger partial charge on any atom is 0.243 e. The number of aryl methyl sites for hydroxylation is 1. The zero-order chi connectivity index (χ0) is 21.2. The minimum absolute atomic E-state index is 0.195. The van der Waals surface area contributed by atoms with E-state index in [-0.39, 0.29) is 10.7 Å². The third-order valence-corrected chi connectivity index (χ3v) is 7.47. The van der Waals surface area contributed by atoms with Crippen molar-refractivity contribution in [3.8, 4) is 11.5 Å². The van der Waals surface area contributed by atoms with Crippen molar-refractivity contribution in [1.29, 1.82) is 0 Å². The number of piperazine rings is 1. The van der Waals surface area contributed by atoms with Gasteiger partial charge < -0.3 is 9.47 Å². The molecular weight excluding hydrogens is 419 g/mol. The molecule has 0 unspecified atom stereocenters. The van der Waals surface area contributed by atoms with Crippen LogP contribution in [0.15, 0.2) is 35.2 Å². The summed E-state index contributed by atoms with van der Waals surface area (Å²) in [6.07, 6.45) is 0. The molecule has 6 nitrogen and oxygen atoms in total. The van der Waals surface area contributed by atoms with Crippen LogP contribution < -0.4 is 9.47 Å². The second-order valence-corrected chi connectivity index (χ2v) is 9.17. The molecule has 1 heterocycles. The number of hydrogen-bond acceptors (Lipinski definition) is 5. The Kier molecular flexibility index (Phi) is 6.68. The van der Waals surface area contributed by atoms with Gasteiger partial charge in [-0.05, 0) is 30.7 Å². The first-order valence-electron chi connectivity index (χ1n) is 9.16. The third kappa shape index (κ3) is 4.50. The summed E-state index contributed by atoms with van der Waals surface area (Å²) in [5.74, 6) is 0.494. The molecule has 0 atom stereocenters. The van der Waals surface area contributed by atoms with Crippen LogP contribution in [0.2, 0.25) is 5.02 Å². The van der Waals surface area contributed by atoms with Crippen molar-refractivity contribution in [2.24, 2.45) is 0 Å². The van der Waals surface area contributed by atoms with Crippen molar-refractivity contribution < 1.29 is 22.3 Å². The van der Waals surface area contributed by atoms with Crippen LogP contribution in [-0.4, -0.2) is 58.0 Å². The fourth-order valence-electron chi connectivity index (χ4n) is 3.41. The van der Waals surface area contributed by atoms with E-state index in [4.69, 9.17) is 21.1 Å². The minimum atomic E-state index is -3.69. The average molecular weight is 443 g/mol. The van der Waals surface area contributed by atoms with Crippen molar-refractivity contribution in [3.63, 3.8) is 0 Å². The molecule has 0 amide bonds. The lowest BCUT2D eigenvalue weighted by Gasteiger charge is -2.34. The maximum atomic E-state index is 14.0. The van der Waals surface area contributed by atoms with E-state index in [0.717, 1.165) is 0 Å². The highest BCUT2D eigenvalue weighted by atomic mass is 35.5. The molecule has 0 saturated carbocycles. The van der Waals surface area contributed by atoms with E-state index < -0.39 is 10.0 Å². The molecule has 2 aromatic rings. The number of methoxy groups -OCH3 is 2. The van der Waals surface area contributed by atoms with Gasteiger partial charge in [0.15, 0.2) is 11.5 Å². The standard InChI is InChI=1S/C20H24ClFN2O4S/c1-14-11-18(27-2)19(28-3)12-20(14)29(25,26)24-9-7-23(8-10-24)13-15-16(21)5-4-6-17(15)22/h4-6,11-12H,7-10,13H2,1-3H3. The van der Waals surface area contributed by atoms with E-state index >= 15 is 0 Å². The first-order valence-corrected chi connectivity index (χ1v) is 11.0. The van der Waals surface area contributed by atoms with E-state index in [2.05, 4.69) is 0 Å². The Balaban J connectivity index is 1.75. The van der Waals surface area contributed by atoms with Gasteiger partial charge in [-0.1, -0.05) is 17.7 Å². The summed E-state index contributed by atoms with van der Waals surface area (Å²) in [7, 11) is -0.717. The first-order chi connectivity index (χ1) is 13.8. The molecule has 1 aliphatic heterocycles. The Labute approximate surface area is 175 Å². The maximum absolute atomic E-state index is 14.0. The molecule has 0 spiro atoms. The number of hydrogen-bond donors (Lipinski definition) is 0. The van der Waals surface area contributed by atoms with Crippen LogP contribution in [-0.2, 0) is 16.6 Å². The minimum Gasteiger partial charge on any atom is -0.493 e. The molecule has 158 valence electrons. The molecule has 0 aliphatic carbocycles. The lowest BCUT2D eigenvalue weighted by molar-refractivity contribution is 0.180. The largest absolute Gasteiger partial charge is 0.493 e. The van der Waals surface area contributed by atoms with E-state index in [1.165, 1.54) is 30.7 Å². The highest BCUT2D eigenvalue weighted by Gasteiger charge is 2.31. The molecule has 2 aromatic carbocycles. The number of ether oxygens (including phenoxy) is 2. The first kappa shape index (κ1) is 21.8. The lowest BCUT2D eigenvalue weighted by Crippen LogP contribution is -2.48. The van der Waals surface area contributed by atoms with E-state index in [9.17, 15) is 12.8 Å². The lowest BCUT2D eigenvalue weighted by atomic mass is 10.2. The Morgan fingerprint density at radius 3 is 2.28 bits per heavy atom. The normalized spacial score (nSPS) is 16.0. The fourth-order valence-corrected chi connectivity index (χ4v) is 5.28. The Hall–Kier alpha value is -1.87. The SMILES string of the molecule is COc1cc(C)c(S(=O)(=O)N2CCN(Cc3c(F)cccc3Cl)CC2)cc1OC. The smallest absolute Gasteiger partial charge is 0.243 e. The van der Waals surface area contributed by atoms with Gasteiger partial charge in [0.1, 0.15) is 5.82 Å². The second kappa shape index (κ2) is 8.87. The van der Waals surface area contributed by atoms with Gasteiger partial charge >= 0.3 is 0 Å². The summed E-state index contributed by atoms with van der Waals surface area (Å²) in [4.78, 5) is 2.19. The predicted octanol–water partition coefficient (Wildman–Crippen LogP) is 3.31. The summed E-state index contributed by atoms with van der Waals surface area (Å²) in [6.45, 7) is 3.65. The zero-order valence-electron chi connectivity index (χ0n) is 16.6.